The number of carbonyl (C=O) groups excluding carboxylic acids is 1. The van der Waals surface area contributed by atoms with Gasteiger partial charge in [-0.05, 0) is 31.2 Å². The van der Waals surface area contributed by atoms with E-state index in [9.17, 15) is 13.2 Å². The lowest BCUT2D eigenvalue weighted by Gasteiger charge is -2.33. The van der Waals surface area contributed by atoms with Crippen molar-refractivity contribution in [2.45, 2.75) is 17.9 Å². The van der Waals surface area contributed by atoms with Crippen LogP contribution in [-0.4, -0.2) is 82.7 Å². The van der Waals surface area contributed by atoms with Gasteiger partial charge in [0.15, 0.2) is 0 Å². The van der Waals surface area contributed by atoms with Crippen molar-refractivity contribution in [2.75, 3.05) is 59.2 Å². The Morgan fingerprint density at radius 3 is 2.31 bits per heavy atom. The number of benzene rings is 1. The molecule has 0 aliphatic carbocycles. The smallest absolute Gasteiger partial charge is 0.252 e. The summed E-state index contributed by atoms with van der Waals surface area (Å²) in [5.41, 5.74) is 0.135. The molecule has 2 aliphatic heterocycles. The zero-order chi connectivity index (χ0) is 22.6. The molecule has 2 aliphatic rings. The highest BCUT2D eigenvalue weighted by Gasteiger charge is 2.31. The van der Waals surface area contributed by atoms with Crippen molar-refractivity contribution in [3.63, 3.8) is 0 Å². The third-order valence-corrected chi connectivity index (χ3v) is 7.71. The summed E-state index contributed by atoms with van der Waals surface area (Å²) in [6.45, 7) is 6.09. The van der Waals surface area contributed by atoms with Crippen LogP contribution in [0.25, 0.3) is 0 Å². The molecule has 2 aromatic rings. The fourth-order valence-electron chi connectivity index (χ4n) is 4.02. The summed E-state index contributed by atoms with van der Waals surface area (Å²) < 4.78 is 44.3. The molecule has 4 rings (SSSR count). The number of rotatable bonds is 7. The van der Waals surface area contributed by atoms with Gasteiger partial charge < -0.3 is 19.2 Å². The second kappa shape index (κ2) is 10.1. The second-order valence-electron chi connectivity index (χ2n) is 7.84. The number of morpholine rings is 2. The Morgan fingerprint density at radius 1 is 1.00 bits per heavy atom. The predicted molar refractivity (Wildman–Crippen MR) is 117 cm³/mol. The van der Waals surface area contributed by atoms with E-state index in [4.69, 9.17) is 13.9 Å². The Balaban J connectivity index is 1.53. The molecule has 1 aromatic carbocycles. The highest BCUT2D eigenvalue weighted by molar-refractivity contribution is 7.89. The highest BCUT2D eigenvalue weighted by atomic mass is 32.2. The van der Waals surface area contributed by atoms with Gasteiger partial charge in [0.05, 0.1) is 42.9 Å². The van der Waals surface area contributed by atoms with Crippen LogP contribution in [0.5, 0.6) is 0 Å². The SMILES string of the molecule is Cc1ccc(C(CNC(=O)c2ccccc2S(=O)(=O)N2CCOCC2)N2CCOCC2)o1. The van der Waals surface area contributed by atoms with Crippen LogP contribution in [0.1, 0.15) is 27.9 Å². The number of hydrogen-bond donors (Lipinski definition) is 1. The van der Waals surface area contributed by atoms with E-state index in [1.807, 2.05) is 19.1 Å². The van der Waals surface area contributed by atoms with E-state index in [1.54, 1.807) is 18.2 Å². The van der Waals surface area contributed by atoms with Crippen molar-refractivity contribution in [1.29, 1.82) is 0 Å². The number of furan rings is 1. The number of amides is 1. The molecule has 1 N–H and O–H groups in total. The quantitative estimate of drug-likeness (QED) is 0.663. The number of ether oxygens (including phenoxy) is 2. The summed E-state index contributed by atoms with van der Waals surface area (Å²) in [5, 5.41) is 2.93. The number of carbonyl (C=O) groups is 1. The Labute approximate surface area is 188 Å². The molecule has 0 radical (unpaired) electrons. The van der Waals surface area contributed by atoms with Crippen LogP contribution in [0, 0.1) is 6.92 Å². The first-order chi connectivity index (χ1) is 15.5. The van der Waals surface area contributed by atoms with Crippen molar-refractivity contribution in [2.24, 2.45) is 0 Å². The summed E-state index contributed by atoms with van der Waals surface area (Å²) in [4.78, 5) is 15.3. The second-order valence-corrected chi connectivity index (χ2v) is 9.74. The van der Waals surface area contributed by atoms with Gasteiger partial charge in [-0.3, -0.25) is 9.69 Å². The highest BCUT2D eigenvalue weighted by Crippen LogP contribution is 2.25. The lowest BCUT2D eigenvalue weighted by Crippen LogP contribution is -2.44. The molecule has 1 aromatic heterocycles. The van der Waals surface area contributed by atoms with Gasteiger partial charge in [-0.15, -0.1) is 0 Å². The average Bonchev–Trinajstić information content (AvgIpc) is 3.26. The fraction of sp³-hybridized carbons (Fsp3) is 0.500. The van der Waals surface area contributed by atoms with E-state index >= 15 is 0 Å². The standard InChI is InChI=1S/C22H29N3O6S/c1-17-6-7-20(31-17)19(24-8-12-29-13-9-24)16-23-22(26)18-4-2-3-5-21(18)32(27,28)25-10-14-30-15-11-25/h2-7,19H,8-16H2,1H3,(H,23,26). The minimum absolute atomic E-state index is 0.0103. The van der Waals surface area contributed by atoms with Crippen LogP contribution >= 0.6 is 0 Å². The Morgan fingerprint density at radius 2 is 1.66 bits per heavy atom. The molecule has 2 saturated heterocycles. The zero-order valence-electron chi connectivity index (χ0n) is 18.2. The molecule has 0 spiro atoms. The normalized spacial score (nSPS) is 19.5. The van der Waals surface area contributed by atoms with Gasteiger partial charge >= 0.3 is 0 Å². The number of hydrogen-bond acceptors (Lipinski definition) is 7. The largest absolute Gasteiger partial charge is 0.465 e. The minimum Gasteiger partial charge on any atom is -0.465 e. The average molecular weight is 464 g/mol. The lowest BCUT2D eigenvalue weighted by molar-refractivity contribution is 0.0117. The zero-order valence-corrected chi connectivity index (χ0v) is 19.0. The maximum atomic E-state index is 13.2. The summed E-state index contributed by atoms with van der Waals surface area (Å²) >= 11 is 0. The van der Waals surface area contributed by atoms with E-state index in [0.29, 0.717) is 26.4 Å². The van der Waals surface area contributed by atoms with E-state index in [0.717, 1.165) is 24.6 Å². The van der Waals surface area contributed by atoms with Gasteiger partial charge in [-0.1, -0.05) is 12.1 Å². The fourth-order valence-corrected chi connectivity index (χ4v) is 5.62. The van der Waals surface area contributed by atoms with Crippen LogP contribution in [0.2, 0.25) is 0 Å². The maximum Gasteiger partial charge on any atom is 0.252 e. The number of sulfonamides is 1. The Bertz CT molecular complexity index is 1030. The van der Waals surface area contributed by atoms with E-state index in [1.165, 1.54) is 10.4 Å². The van der Waals surface area contributed by atoms with Gasteiger partial charge in [0.2, 0.25) is 10.0 Å². The monoisotopic (exact) mass is 463 g/mol. The molecular formula is C22H29N3O6S. The minimum atomic E-state index is -3.80. The van der Waals surface area contributed by atoms with Crippen molar-refractivity contribution in [3.8, 4) is 0 Å². The molecule has 0 saturated carbocycles. The molecule has 3 heterocycles. The summed E-state index contributed by atoms with van der Waals surface area (Å²) in [5.74, 6) is 1.13. The summed E-state index contributed by atoms with van der Waals surface area (Å²) in [6.07, 6.45) is 0. The van der Waals surface area contributed by atoms with Crippen molar-refractivity contribution in [1.82, 2.24) is 14.5 Å². The third-order valence-electron chi connectivity index (χ3n) is 5.75. The van der Waals surface area contributed by atoms with Gasteiger partial charge in [-0.2, -0.15) is 4.31 Å². The maximum absolute atomic E-state index is 13.2. The molecule has 1 atom stereocenters. The molecule has 1 amide bonds. The lowest BCUT2D eigenvalue weighted by atomic mass is 10.1. The van der Waals surface area contributed by atoms with Gasteiger partial charge in [0, 0.05) is 32.7 Å². The first-order valence-electron chi connectivity index (χ1n) is 10.8. The predicted octanol–water partition coefficient (Wildman–Crippen LogP) is 1.41. The summed E-state index contributed by atoms with van der Waals surface area (Å²) in [7, 11) is -3.80. The van der Waals surface area contributed by atoms with Gasteiger partial charge in [0.25, 0.3) is 5.91 Å². The third kappa shape index (κ3) is 5.05. The Kier molecular flexibility index (Phi) is 7.27. The van der Waals surface area contributed by atoms with Gasteiger partial charge in [-0.25, -0.2) is 8.42 Å². The number of nitrogens with one attached hydrogen (secondary N) is 1. The van der Waals surface area contributed by atoms with Crippen molar-refractivity contribution >= 4 is 15.9 Å². The molecule has 2 fully saturated rings. The van der Waals surface area contributed by atoms with Crippen LogP contribution in [-0.2, 0) is 19.5 Å². The summed E-state index contributed by atoms with van der Waals surface area (Å²) in [6, 6.07) is 9.97. The van der Waals surface area contributed by atoms with E-state index in [2.05, 4.69) is 10.2 Å². The molecule has 32 heavy (non-hydrogen) atoms. The first kappa shape index (κ1) is 22.9. The Hall–Kier alpha value is -2.24. The van der Waals surface area contributed by atoms with Crippen molar-refractivity contribution < 1.29 is 27.1 Å². The van der Waals surface area contributed by atoms with Crippen LogP contribution in [0.15, 0.2) is 45.7 Å². The molecular weight excluding hydrogens is 434 g/mol. The first-order valence-corrected chi connectivity index (χ1v) is 12.2. The number of nitrogens with zero attached hydrogens (tertiary/aromatic N) is 2. The van der Waals surface area contributed by atoms with E-state index < -0.39 is 15.9 Å². The van der Waals surface area contributed by atoms with Crippen molar-refractivity contribution in [3.05, 3.63) is 53.5 Å². The van der Waals surface area contributed by atoms with Crippen LogP contribution in [0.3, 0.4) is 0 Å². The van der Waals surface area contributed by atoms with Crippen LogP contribution < -0.4 is 5.32 Å². The number of aryl methyl sites for hydroxylation is 1. The molecule has 174 valence electrons. The molecule has 0 bridgehead atoms. The topological polar surface area (TPSA) is 101 Å². The van der Waals surface area contributed by atoms with Crippen LogP contribution in [0.4, 0.5) is 0 Å². The van der Waals surface area contributed by atoms with E-state index in [-0.39, 0.29) is 36.1 Å². The molecule has 9 nitrogen and oxygen atoms in total. The molecule has 1 unspecified atom stereocenters. The molecule has 10 heteroatoms. The van der Waals surface area contributed by atoms with Gasteiger partial charge in [0.1, 0.15) is 11.5 Å².